The van der Waals surface area contributed by atoms with Gasteiger partial charge in [-0.1, -0.05) is 26.8 Å². The fourth-order valence-electron chi connectivity index (χ4n) is 2.75. The van der Waals surface area contributed by atoms with E-state index in [2.05, 4.69) is 26.8 Å². The van der Waals surface area contributed by atoms with Gasteiger partial charge in [0.25, 0.3) is 0 Å². The van der Waals surface area contributed by atoms with Gasteiger partial charge in [-0.05, 0) is 29.6 Å². The molecule has 58 valence electrons. The highest BCUT2D eigenvalue weighted by molar-refractivity contribution is 6.23. The van der Waals surface area contributed by atoms with Crippen LogP contribution >= 0.6 is 0 Å². The van der Waals surface area contributed by atoms with Crippen molar-refractivity contribution in [2.45, 2.75) is 33.6 Å². The summed E-state index contributed by atoms with van der Waals surface area (Å²) in [6.45, 7) is 7.01. The molecule has 0 nitrogen and oxygen atoms in total. The second-order valence-electron chi connectivity index (χ2n) is 4.82. The zero-order valence-corrected chi connectivity index (χ0v) is 7.65. The molecule has 1 unspecified atom stereocenters. The summed E-state index contributed by atoms with van der Waals surface area (Å²) >= 11 is 0. The average molecular weight is 146 g/mol. The second kappa shape index (κ2) is 1.76. The van der Waals surface area contributed by atoms with Crippen molar-refractivity contribution in [3.63, 3.8) is 0 Å². The van der Waals surface area contributed by atoms with Crippen molar-refractivity contribution in [1.82, 2.24) is 0 Å². The first-order chi connectivity index (χ1) is 4.98. The summed E-state index contributed by atoms with van der Waals surface area (Å²) in [4.78, 5) is 0. The van der Waals surface area contributed by atoms with Crippen LogP contribution in [0.25, 0.3) is 0 Å². The van der Waals surface area contributed by atoms with Crippen molar-refractivity contribution in [2.75, 3.05) is 0 Å². The van der Waals surface area contributed by atoms with Crippen LogP contribution in [0.15, 0.2) is 11.5 Å². The molecular formula is C10H15B. The van der Waals surface area contributed by atoms with Crippen molar-refractivity contribution >= 4 is 7.85 Å². The van der Waals surface area contributed by atoms with Gasteiger partial charge in [-0.2, -0.15) is 0 Å². The normalized spacial score (nSPS) is 46.1. The molecule has 2 aliphatic rings. The molecule has 2 bridgehead atoms. The quantitative estimate of drug-likeness (QED) is 0.460. The van der Waals surface area contributed by atoms with Gasteiger partial charge in [0.2, 0.25) is 0 Å². The molecule has 0 aromatic rings. The van der Waals surface area contributed by atoms with E-state index >= 15 is 0 Å². The Hall–Kier alpha value is -0.195. The molecule has 2 rings (SSSR count). The number of hydrogen-bond donors (Lipinski definition) is 0. The third-order valence-electron chi connectivity index (χ3n) is 4.32. The van der Waals surface area contributed by atoms with Gasteiger partial charge >= 0.3 is 0 Å². The van der Waals surface area contributed by atoms with Gasteiger partial charge in [0.05, 0.1) is 0 Å². The third-order valence-corrected chi connectivity index (χ3v) is 4.32. The smallest absolute Gasteiger partial charge is 0.108 e. The molecule has 11 heavy (non-hydrogen) atoms. The van der Waals surface area contributed by atoms with Crippen LogP contribution in [0.1, 0.15) is 33.6 Å². The van der Waals surface area contributed by atoms with Crippen molar-refractivity contribution in [3.8, 4) is 0 Å². The molecule has 0 N–H and O–H groups in total. The lowest BCUT2D eigenvalue weighted by Gasteiger charge is -2.37. The molecule has 0 heterocycles. The molecule has 0 aliphatic heterocycles. The van der Waals surface area contributed by atoms with Gasteiger partial charge in [0.15, 0.2) is 0 Å². The highest BCUT2D eigenvalue weighted by Crippen LogP contribution is 2.64. The Morgan fingerprint density at radius 3 is 2.27 bits per heavy atom. The minimum absolute atomic E-state index is 0.303. The lowest BCUT2D eigenvalue weighted by Crippen LogP contribution is -2.30. The molecule has 1 heteroatoms. The molecular weight excluding hydrogens is 131 g/mol. The molecule has 2 atom stereocenters. The summed E-state index contributed by atoms with van der Waals surface area (Å²) in [7, 11) is 5.99. The lowest BCUT2D eigenvalue weighted by molar-refractivity contribution is 0.178. The second-order valence-corrected chi connectivity index (χ2v) is 4.82. The van der Waals surface area contributed by atoms with E-state index in [0.29, 0.717) is 10.8 Å². The molecule has 0 amide bonds. The van der Waals surface area contributed by atoms with Gasteiger partial charge in [-0.3, -0.25) is 0 Å². The number of hydrogen-bond acceptors (Lipinski definition) is 0. The Bertz CT molecular complexity index is 227. The Kier molecular flexibility index (Phi) is 1.19. The summed E-state index contributed by atoms with van der Waals surface area (Å²) < 4.78 is 0. The third kappa shape index (κ3) is 0.629. The fraction of sp³-hybridized carbons (Fsp3) is 0.800. The summed E-state index contributed by atoms with van der Waals surface area (Å²) in [5.74, 6) is 0.743. The van der Waals surface area contributed by atoms with E-state index < -0.39 is 0 Å². The van der Waals surface area contributed by atoms with E-state index in [1.807, 2.05) is 0 Å². The molecule has 0 spiro atoms. The standard InChI is InChI=1S/C10H15B/c1-9(2)7-4-5-10(9,3)8(11)6-7/h6-7H,4-5H2,1-3H3/t7?,10-/m0/s1. The van der Waals surface area contributed by atoms with Crippen LogP contribution in [0, 0.1) is 16.7 Å². The highest BCUT2D eigenvalue weighted by atomic mass is 14.6. The molecule has 0 aromatic heterocycles. The number of fused-ring (bicyclic) bond motifs is 2. The largest absolute Gasteiger partial charge is 0.115 e. The Labute approximate surface area is 70.5 Å². The van der Waals surface area contributed by atoms with Crippen LogP contribution in [0.2, 0.25) is 0 Å². The molecule has 2 radical (unpaired) electrons. The van der Waals surface area contributed by atoms with Crippen molar-refractivity contribution in [3.05, 3.63) is 11.5 Å². The van der Waals surface area contributed by atoms with Crippen LogP contribution in [0.5, 0.6) is 0 Å². The van der Waals surface area contributed by atoms with Gasteiger partial charge in [-0.15, -0.1) is 5.47 Å². The topological polar surface area (TPSA) is 0 Å². The SMILES string of the molecule is [B]C1=CC2CC[C@]1(C)C2(C)C. The van der Waals surface area contributed by atoms with E-state index in [1.165, 1.54) is 12.8 Å². The molecule has 2 aliphatic carbocycles. The Balaban J connectivity index is 2.49. The zero-order valence-electron chi connectivity index (χ0n) is 7.65. The first kappa shape index (κ1) is 7.45. The minimum atomic E-state index is 0.303. The zero-order chi connectivity index (χ0) is 8.28. The molecule has 0 saturated heterocycles. The summed E-state index contributed by atoms with van der Waals surface area (Å²) in [5, 5.41) is 0. The summed E-state index contributed by atoms with van der Waals surface area (Å²) in [6.07, 6.45) is 4.90. The maximum absolute atomic E-state index is 5.99. The van der Waals surface area contributed by atoms with E-state index in [9.17, 15) is 0 Å². The van der Waals surface area contributed by atoms with E-state index in [-0.39, 0.29) is 0 Å². The van der Waals surface area contributed by atoms with E-state index in [0.717, 1.165) is 11.4 Å². The Morgan fingerprint density at radius 1 is 1.45 bits per heavy atom. The van der Waals surface area contributed by atoms with Gasteiger partial charge in [-0.25, -0.2) is 0 Å². The van der Waals surface area contributed by atoms with Crippen molar-refractivity contribution in [2.24, 2.45) is 16.7 Å². The predicted molar refractivity (Wildman–Crippen MR) is 48.4 cm³/mol. The number of allylic oxidation sites excluding steroid dienone is 2. The van der Waals surface area contributed by atoms with Crippen LogP contribution in [-0.4, -0.2) is 7.85 Å². The molecule has 1 saturated carbocycles. The van der Waals surface area contributed by atoms with Crippen molar-refractivity contribution < 1.29 is 0 Å². The van der Waals surface area contributed by atoms with Gasteiger partial charge in [0.1, 0.15) is 7.85 Å². The summed E-state index contributed by atoms with van der Waals surface area (Å²) in [5.41, 5.74) is 1.85. The number of rotatable bonds is 0. The fourth-order valence-corrected chi connectivity index (χ4v) is 2.75. The maximum Gasteiger partial charge on any atom is 0.108 e. The monoisotopic (exact) mass is 146 g/mol. The average Bonchev–Trinajstić information content (AvgIpc) is 2.20. The van der Waals surface area contributed by atoms with Crippen LogP contribution < -0.4 is 0 Å². The highest BCUT2D eigenvalue weighted by Gasteiger charge is 2.54. The van der Waals surface area contributed by atoms with Gasteiger partial charge < -0.3 is 0 Å². The first-order valence-corrected chi connectivity index (χ1v) is 4.46. The van der Waals surface area contributed by atoms with E-state index in [4.69, 9.17) is 7.85 Å². The molecule has 0 aromatic carbocycles. The minimum Gasteiger partial charge on any atom is -0.115 e. The molecule has 1 fully saturated rings. The Morgan fingerprint density at radius 2 is 2.09 bits per heavy atom. The lowest BCUT2D eigenvalue weighted by atomic mass is 9.63. The van der Waals surface area contributed by atoms with E-state index in [1.54, 1.807) is 0 Å². The van der Waals surface area contributed by atoms with Crippen LogP contribution in [-0.2, 0) is 0 Å². The predicted octanol–water partition coefficient (Wildman–Crippen LogP) is 2.49. The van der Waals surface area contributed by atoms with Crippen LogP contribution in [0.3, 0.4) is 0 Å². The van der Waals surface area contributed by atoms with Crippen LogP contribution in [0.4, 0.5) is 0 Å². The first-order valence-electron chi connectivity index (χ1n) is 4.46. The summed E-state index contributed by atoms with van der Waals surface area (Å²) in [6, 6.07) is 0. The van der Waals surface area contributed by atoms with Crippen molar-refractivity contribution in [1.29, 1.82) is 0 Å². The van der Waals surface area contributed by atoms with Gasteiger partial charge in [0, 0.05) is 0 Å². The maximum atomic E-state index is 5.99.